The first-order valence-electron chi connectivity index (χ1n) is 16.7. The number of carbonyl (C=O) groups excluding carboxylic acids is 1. The van der Waals surface area contributed by atoms with Gasteiger partial charge in [-0.05, 0) is 104 Å². The summed E-state index contributed by atoms with van der Waals surface area (Å²) in [6.07, 6.45) is 16.4. The maximum Gasteiger partial charge on any atom is 0.414 e. The van der Waals surface area contributed by atoms with Crippen LogP contribution in [0.2, 0.25) is 0 Å². The van der Waals surface area contributed by atoms with Crippen molar-refractivity contribution in [2.75, 3.05) is 31.1 Å². The molecule has 1 atom stereocenters. The Morgan fingerprint density at radius 2 is 1.61 bits per heavy atom. The summed E-state index contributed by atoms with van der Waals surface area (Å²) in [6, 6.07) is 25.0. The number of hydrogen-bond donors (Lipinski definition) is 0. The Bertz CT molecular complexity index is 1550. The summed E-state index contributed by atoms with van der Waals surface area (Å²) in [5, 5.41) is 0. The van der Waals surface area contributed by atoms with E-state index in [1.165, 1.54) is 78.8 Å². The van der Waals surface area contributed by atoms with Gasteiger partial charge in [-0.3, -0.25) is 4.90 Å². The lowest BCUT2D eigenvalue weighted by Crippen LogP contribution is -2.57. The molecule has 3 aromatic carbocycles. The van der Waals surface area contributed by atoms with Gasteiger partial charge in [-0.15, -0.1) is 5.73 Å². The lowest BCUT2D eigenvalue weighted by Gasteiger charge is -2.49. The Hall–Kier alpha value is -4.38. The molecule has 4 saturated heterocycles. The van der Waals surface area contributed by atoms with E-state index in [0.29, 0.717) is 18.8 Å². The highest BCUT2D eigenvalue weighted by Gasteiger charge is 2.39. The second kappa shape index (κ2) is 15.3. The van der Waals surface area contributed by atoms with E-state index in [1.54, 1.807) is 17.0 Å². The van der Waals surface area contributed by atoms with Gasteiger partial charge in [0, 0.05) is 11.3 Å². The van der Waals surface area contributed by atoms with Crippen LogP contribution in [0.15, 0.2) is 121 Å². The van der Waals surface area contributed by atoms with Crippen LogP contribution in [0.5, 0.6) is 5.75 Å². The highest BCUT2D eigenvalue weighted by Crippen LogP contribution is 2.35. The Morgan fingerprint density at radius 3 is 2.35 bits per heavy atom. The van der Waals surface area contributed by atoms with Crippen molar-refractivity contribution in [2.45, 2.75) is 57.8 Å². The Labute approximate surface area is 272 Å². The van der Waals surface area contributed by atoms with Crippen molar-refractivity contribution in [1.29, 1.82) is 0 Å². The van der Waals surface area contributed by atoms with Crippen LogP contribution in [-0.4, -0.2) is 42.9 Å². The van der Waals surface area contributed by atoms with E-state index in [4.69, 9.17) is 9.47 Å². The van der Waals surface area contributed by atoms with Crippen LogP contribution in [-0.2, 0) is 17.9 Å². The number of fused-ring (bicyclic) bond motifs is 3. The summed E-state index contributed by atoms with van der Waals surface area (Å²) in [7, 11) is 0. The highest BCUT2D eigenvalue weighted by atomic mass is 19.1. The Morgan fingerprint density at radius 1 is 0.891 bits per heavy atom. The molecular weight excluding hydrogens is 575 g/mol. The molecule has 4 aliphatic heterocycles. The highest BCUT2D eigenvalue weighted by molar-refractivity contribution is 5.89. The third-order valence-electron chi connectivity index (χ3n) is 9.63. The molecule has 238 valence electrons. The summed E-state index contributed by atoms with van der Waals surface area (Å²) in [6.45, 7) is 6.55. The van der Waals surface area contributed by atoms with Crippen LogP contribution in [0, 0.1) is 11.7 Å². The summed E-state index contributed by atoms with van der Waals surface area (Å²) in [5.74, 6) is 1.66. The zero-order chi connectivity index (χ0) is 31.6. The fourth-order valence-corrected chi connectivity index (χ4v) is 6.88. The van der Waals surface area contributed by atoms with Crippen molar-refractivity contribution in [2.24, 2.45) is 5.92 Å². The molecule has 6 heteroatoms. The number of cyclic esters (lactones) is 1. The average molecular weight is 620 g/mol. The number of hydrogen-bond acceptors (Lipinski definition) is 3. The van der Waals surface area contributed by atoms with Gasteiger partial charge in [0.2, 0.25) is 0 Å². The minimum atomic E-state index is -0.359. The second-order valence-electron chi connectivity index (χ2n) is 12.9. The lowest BCUT2D eigenvalue weighted by atomic mass is 9.85. The zero-order valence-corrected chi connectivity index (χ0v) is 26.5. The smallest absolute Gasteiger partial charge is 0.414 e. The second-order valence-corrected chi connectivity index (χ2v) is 12.9. The monoisotopic (exact) mass is 619 g/mol. The molecule has 3 aromatic rings. The van der Waals surface area contributed by atoms with Gasteiger partial charge in [0.15, 0.2) is 0 Å². The largest absolute Gasteiger partial charge is 0.489 e. The first kappa shape index (κ1) is 31.6. The Kier molecular flexibility index (Phi) is 10.5. The fourth-order valence-electron chi connectivity index (χ4n) is 6.88. The minimum Gasteiger partial charge on any atom is -0.489 e. The van der Waals surface area contributed by atoms with Crippen molar-refractivity contribution in [3.8, 4) is 5.75 Å². The Balaban J connectivity index is 0.000000162. The summed E-state index contributed by atoms with van der Waals surface area (Å²) < 4.78 is 25.5. The van der Waals surface area contributed by atoms with E-state index in [2.05, 4.69) is 36.1 Å². The molecule has 0 N–H and O–H groups in total. The van der Waals surface area contributed by atoms with E-state index in [9.17, 15) is 9.18 Å². The van der Waals surface area contributed by atoms with Crippen LogP contribution >= 0.6 is 0 Å². The molecule has 46 heavy (non-hydrogen) atoms. The number of ether oxygens (including phenoxy) is 2. The first-order chi connectivity index (χ1) is 22.5. The maximum atomic E-state index is 13.0. The van der Waals surface area contributed by atoms with Crippen molar-refractivity contribution in [3.63, 3.8) is 0 Å². The number of allylic oxidation sites excluding steroid dienone is 5. The third kappa shape index (κ3) is 8.66. The number of rotatable bonds is 10. The first-order valence-corrected chi connectivity index (χ1v) is 16.7. The van der Waals surface area contributed by atoms with Gasteiger partial charge in [0.05, 0.1) is 26.2 Å². The van der Waals surface area contributed by atoms with Crippen LogP contribution < -0.4 is 9.64 Å². The summed E-state index contributed by atoms with van der Waals surface area (Å²) in [4.78, 5) is 13.5. The van der Waals surface area contributed by atoms with Gasteiger partial charge in [0.25, 0.3) is 0 Å². The van der Waals surface area contributed by atoms with E-state index in [1.807, 2.05) is 54.6 Å². The molecule has 1 unspecified atom stereocenters. The molecular formula is C40H44FN2O3+. The topological polar surface area (TPSA) is 38.8 Å². The van der Waals surface area contributed by atoms with Gasteiger partial charge in [-0.1, -0.05) is 60.7 Å². The van der Waals surface area contributed by atoms with Crippen molar-refractivity contribution >= 4 is 11.8 Å². The van der Waals surface area contributed by atoms with Gasteiger partial charge in [-0.25, -0.2) is 9.18 Å². The van der Waals surface area contributed by atoms with Crippen molar-refractivity contribution in [1.82, 2.24) is 0 Å². The number of amides is 1. The van der Waals surface area contributed by atoms with E-state index in [0.717, 1.165) is 30.9 Å². The zero-order valence-electron chi connectivity index (χ0n) is 26.5. The fraction of sp³-hybridized carbons (Fsp3) is 0.350. The number of benzene rings is 3. The molecule has 0 radical (unpaired) electrons. The molecule has 1 amide bonds. The quantitative estimate of drug-likeness (QED) is 0.168. The molecule has 1 aliphatic carbocycles. The summed E-state index contributed by atoms with van der Waals surface area (Å²) in [5.41, 5.74) is 7.66. The van der Waals surface area contributed by atoms with Crippen LogP contribution in [0.25, 0.3) is 0 Å². The van der Waals surface area contributed by atoms with E-state index in [-0.39, 0.29) is 18.0 Å². The average Bonchev–Trinajstić information content (AvgIpc) is 3.27. The standard InChI is InChI=1S/C21H26NO.C19H18FNO2/c1-2-4-21(5-3-1)23-17-20-8-6-19(7-9-20)16-22-13-10-18(11-14-22)12-15-22;20-16-10-12-17(13-11-16)21-14-18(23-19(21)22)9-5-8-15-6-3-1-2-4-7-15/h1-9,18H,10-17H2;1,3-4,6-7,10-13,18H,5,8-9,14H2/q+1;. The SMILES string of the molecule is O=C1OC(CCCC2=CC=C=CC=C2)CN1c1ccc(F)cc1.c1ccc(OCc2ccc(C[N+]34CCC(CC3)CC4)cc2)cc1. The number of carbonyl (C=O) groups is 1. The van der Waals surface area contributed by atoms with Gasteiger partial charge in [-0.2, -0.15) is 0 Å². The van der Waals surface area contributed by atoms with Gasteiger partial charge < -0.3 is 14.0 Å². The van der Waals surface area contributed by atoms with Crippen molar-refractivity contribution in [3.05, 3.63) is 137 Å². The number of piperidine rings is 3. The molecule has 8 rings (SSSR count). The number of quaternary nitrogens is 1. The maximum absolute atomic E-state index is 13.0. The van der Waals surface area contributed by atoms with E-state index < -0.39 is 0 Å². The minimum absolute atomic E-state index is 0.114. The number of halogens is 1. The molecule has 2 bridgehead atoms. The van der Waals surface area contributed by atoms with Gasteiger partial charge in [0.1, 0.15) is 30.8 Å². The molecule has 5 aliphatic rings. The van der Waals surface area contributed by atoms with Gasteiger partial charge >= 0.3 is 6.09 Å². The molecule has 4 fully saturated rings. The number of para-hydroxylation sites is 1. The molecule has 0 saturated carbocycles. The third-order valence-corrected chi connectivity index (χ3v) is 9.63. The molecule has 4 heterocycles. The van der Waals surface area contributed by atoms with E-state index >= 15 is 0 Å². The van der Waals surface area contributed by atoms with Crippen LogP contribution in [0.4, 0.5) is 14.9 Å². The summed E-state index contributed by atoms with van der Waals surface area (Å²) >= 11 is 0. The van der Waals surface area contributed by atoms with Crippen LogP contribution in [0.3, 0.4) is 0 Å². The van der Waals surface area contributed by atoms with Crippen molar-refractivity contribution < 1.29 is 23.1 Å². The predicted molar refractivity (Wildman–Crippen MR) is 181 cm³/mol. The normalized spacial score (nSPS) is 22.9. The van der Waals surface area contributed by atoms with Crippen LogP contribution in [0.1, 0.15) is 49.7 Å². The molecule has 5 nitrogen and oxygen atoms in total. The lowest BCUT2D eigenvalue weighted by molar-refractivity contribution is -0.955. The predicted octanol–water partition coefficient (Wildman–Crippen LogP) is 8.92. The number of nitrogens with zero attached hydrogens (tertiary/aromatic N) is 2. The number of anilines is 1. The molecule has 0 spiro atoms. The molecule has 0 aromatic heterocycles.